The van der Waals surface area contributed by atoms with Crippen molar-refractivity contribution in [2.45, 2.75) is 33.2 Å². The number of nitrogen functional groups attached to an aromatic ring is 1. The second-order valence-electron chi connectivity index (χ2n) is 5.07. The molecule has 1 aromatic carbocycles. The van der Waals surface area contributed by atoms with E-state index < -0.39 is 0 Å². The van der Waals surface area contributed by atoms with Crippen LogP contribution in [0.15, 0.2) is 16.6 Å². The first-order valence-electron chi connectivity index (χ1n) is 6.02. The number of fused-ring (bicyclic) bond motifs is 1. The first-order chi connectivity index (χ1) is 8.40. The lowest BCUT2D eigenvalue weighted by atomic mass is 10.1. The van der Waals surface area contributed by atoms with Gasteiger partial charge in [0.1, 0.15) is 5.82 Å². The minimum absolute atomic E-state index is 0.204. The van der Waals surface area contributed by atoms with Crippen LogP contribution in [0.3, 0.4) is 0 Å². The zero-order valence-electron chi connectivity index (χ0n) is 10.7. The first-order valence-corrected chi connectivity index (χ1v) is 6.82. The summed E-state index contributed by atoms with van der Waals surface area (Å²) >= 11 is 3.16. The van der Waals surface area contributed by atoms with Crippen LogP contribution in [0.25, 0.3) is 11.0 Å². The van der Waals surface area contributed by atoms with Gasteiger partial charge >= 0.3 is 0 Å². The number of nitrogens with zero attached hydrogens (tertiary/aromatic N) is 2. The minimum atomic E-state index is -0.291. The normalized spacial score (nSPS) is 13.4. The molecular formula is C13H17BrFN3. The van der Waals surface area contributed by atoms with Gasteiger partial charge in [-0.05, 0) is 41.3 Å². The van der Waals surface area contributed by atoms with Gasteiger partial charge in [-0.2, -0.15) is 0 Å². The summed E-state index contributed by atoms with van der Waals surface area (Å²) in [5.41, 5.74) is 7.41. The van der Waals surface area contributed by atoms with E-state index >= 15 is 0 Å². The molecule has 0 bridgehead atoms. The van der Waals surface area contributed by atoms with Crippen molar-refractivity contribution in [1.29, 1.82) is 0 Å². The van der Waals surface area contributed by atoms with Gasteiger partial charge in [0.25, 0.3) is 0 Å². The zero-order chi connectivity index (χ0) is 13.4. The Morgan fingerprint density at radius 3 is 2.67 bits per heavy atom. The third-order valence-electron chi connectivity index (χ3n) is 3.01. The highest BCUT2D eigenvalue weighted by molar-refractivity contribution is 9.10. The molecule has 1 atom stereocenters. The molecule has 0 fully saturated rings. The van der Waals surface area contributed by atoms with Gasteiger partial charge in [0.2, 0.25) is 5.95 Å². The Labute approximate surface area is 114 Å². The molecule has 1 unspecified atom stereocenters. The fourth-order valence-electron chi connectivity index (χ4n) is 2.36. The number of benzene rings is 1. The molecule has 0 radical (unpaired) electrons. The molecule has 1 aromatic heterocycles. The molecule has 0 amide bonds. The highest BCUT2D eigenvalue weighted by Crippen LogP contribution is 2.29. The Hall–Kier alpha value is -1.10. The van der Waals surface area contributed by atoms with E-state index in [0.29, 0.717) is 16.3 Å². The molecule has 0 spiro atoms. The van der Waals surface area contributed by atoms with E-state index in [1.807, 2.05) is 4.57 Å². The molecule has 98 valence electrons. The van der Waals surface area contributed by atoms with Crippen LogP contribution in [0.1, 0.15) is 33.2 Å². The maximum absolute atomic E-state index is 13.6. The van der Waals surface area contributed by atoms with Crippen LogP contribution < -0.4 is 5.73 Å². The zero-order valence-corrected chi connectivity index (χ0v) is 12.3. The van der Waals surface area contributed by atoms with Crippen LogP contribution in [0.2, 0.25) is 0 Å². The molecular weight excluding hydrogens is 297 g/mol. The van der Waals surface area contributed by atoms with Crippen LogP contribution in [0.5, 0.6) is 0 Å². The van der Waals surface area contributed by atoms with Crippen molar-refractivity contribution in [2.24, 2.45) is 5.92 Å². The Bertz CT molecular complexity index is 577. The molecule has 2 aromatic rings. The van der Waals surface area contributed by atoms with Gasteiger partial charge < -0.3 is 10.3 Å². The molecule has 2 N–H and O–H groups in total. The number of halogens is 2. The first kappa shape index (κ1) is 13.3. The SMILES string of the molecule is CC(C)CC(C)n1c(N)nc2cc(Br)c(F)cc21. The number of anilines is 1. The summed E-state index contributed by atoms with van der Waals surface area (Å²) in [7, 11) is 0. The topological polar surface area (TPSA) is 43.8 Å². The van der Waals surface area contributed by atoms with Crippen molar-refractivity contribution in [1.82, 2.24) is 9.55 Å². The highest BCUT2D eigenvalue weighted by atomic mass is 79.9. The van der Waals surface area contributed by atoms with E-state index in [1.54, 1.807) is 6.07 Å². The Morgan fingerprint density at radius 2 is 2.06 bits per heavy atom. The minimum Gasteiger partial charge on any atom is -0.369 e. The molecule has 0 aliphatic heterocycles. The molecule has 0 saturated carbocycles. The van der Waals surface area contributed by atoms with Gasteiger partial charge in [0.05, 0.1) is 15.5 Å². The summed E-state index contributed by atoms with van der Waals surface area (Å²) in [6.45, 7) is 6.39. The number of hydrogen-bond acceptors (Lipinski definition) is 2. The van der Waals surface area contributed by atoms with Gasteiger partial charge in [-0.1, -0.05) is 13.8 Å². The maximum Gasteiger partial charge on any atom is 0.201 e. The van der Waals surface area contributed by atoms with Crippen LogP contribution >= 0.6 is 15.9 Å². The lowest BCUT2D eigenvalue weighted by molar-refractivity contribution is 0.439. The second-order valence-corrected chi connectivity index (χ2v) is 5.93. The lowest BCUT2D eigenvalue weighted by Gasteiger charge is -2.18. The predicted octanol–water partition coefficient (Wildman–Crippen LogP) is 4.13. The van der Waals surface area contributed by atoms with Crippen molar-refractivity contribution >= 4 is 32.9 Å². The van der Waals surface area contributed by atoms with Gasteiger partial charge in [0.15, 0.2) is 0 Å². The second kappa shape index (κ2) is 4.88. The van der Waals surface area contributed by atoms with Crippen molar-refractivity contribution in [3.8, 4) is 0 Å². The monoisotopic (exact) mass is 313 g/mol. The van der Waals surface area contributed by atoms with Gasteiger partial charge in [-0.25, -0.2) is 9.37 Å². The van der Waals surface area contributed by atoms with Gasteiger partial charge in [-0.15, -0.1) is 0 Å². The average Bonchev–Trinajstić information content (AvgIpc) is 2.53. The lowest BCUT2D eigenvalue weighted by Crippen LogP contribution is -2.11. The largest absolute Gasteiger partial charge is 0.369 e. The fourth-order valence-corrected chi connectivity index (χ4v) is 2.69. The summed E-state index contributed by atoms with van der Waals surface area (Å²) in [6.07, 6.45) is 0.980. The summed E-state index contributed by atoms with van der Waals surface area (Å²) in [5, 5.41) is 0. The average molecular weight is 314 g/mol. The van der Waals surface area contributed by atoms with E-state index in [1.165, 1.54) is 6.07 Å². The number of hydrogen-bond donors (Lipinski definition) is 1. The van der Waals surface area contributed by atoms with E-state index in [2.05, 4.69) is 41.7 Å². The molecule has 1 heterocycles. The van der Waals surface area contributed by atoms with E-state index in [4.69, 9.17) is 5.73 Å². The molecule has 2 rings (SSSR count). The summed E-state index contributed by atoms with van der Waals surface area (Å²) in [6, 6.07) is 3.36. The molecule has 0 aliphatic rings. The smallest absolute Gasteiger partial charge is 0.201 e. The predicted molar refractivity (Wildman–Crippen MR) is 76.0 cm³/mol. The van der Waals surface area contributed by atoms with Crippen molar-refractivity contribution < 1.29 is 4.39 Å². The maximum atomic E-state index is 13.6. The van der Waals surface area contributed by atoms with E-state index in [9.17, 15) is 4.39 Å². The summed E-state index contributed by atoms with van der Waals surface area (Å²) in [5.74, 6) is 0.702. The van der Waals surface area contributed by atoms with E-state index in [0.717, 1.165) is 17.5 Å². The quantitative estimate of drug-likeness (QED) is 0.926. The van der Waals surface area contributed by atoms with Crippen LogP contribution in [-0.2, 0) is 0 Å². The van der Waals surface area contributed by atoms with Gasteiger partial charge in [-0.3, -0.25) is 0 Å². The third kappa shape index (κ3) is 2.36. The Kier molecular flexibility index (Phi) is 3.61. The highest BCUT2D eigenvalue weighted by Gasteiger charge is 2.16. The van der Waals surface area contributed by atoms with Crippen molar-refractivity contribution in [2.75, 3.05) is 5.73 Å². The van der Waals surface area contributed by atoms with Gasteiger partial charge in [0, 0.05) is 12.1 Å². The molecule has 0 saturated heterocycles. The Morgan fingerprint density at radius 1 is 1.39 bits per heavy atom. The van der Waals surface area contributed by atoms with Crippen molar-refractivity contribution in [3.05, 3.63) is 22.4 Å². The number of nitrogens with two attached hydrogens (primary N) is 1. The number of rotatable bonds is 3. The number of imidazole rings is 1. The number of aromatic nitrogens is 2. The van der Waals surface area contributed by atoms with Crippen molar-refractivity contribution in [3.63, 3.8) is 0 Å². The molecule has 0 aliphatic carbocycles. The Balaban J connectivity index is 2.56. The molecule has 3 nitrogen and oxygen atoms in total. The third-order valence-corrected chi connectivity index (χ3v) is 3.62. The van der Waals surface area contributed by atoms with E-state index in [-0.39, 0.29) is 11.9 Å². The fraction of sp³-hybridized carbons (Fsp3) is 0.462. The van der Waals surface area contributed by atoms with Crippen LogP contribution in [-0.4, -0.2) is 9.55 Å². The summed E-state index contributed by atoms with van der Waals surface area (Å²) < 4.78 is 16.0. The van der Waals surface area contributed by atoms with Crippen LogP contribution in [0.4, 0.5) is 10.3 Å². The standard InChI is InChI=1S/C13H17BrFN3/c1-7(2)4-8(3)18-12-6-10(15)9(14)5-11(12)17-13(18)16/h5-8H,4H2,1-3H3,(H2,16,17). The summed E-state index contributed by atoms with van der Waals surface area (Å²) in [4.78, 5) is 4.29. The molecule has 18 heavy (non-hydrogen) atoms. The molecule has 5 heteroatoms. The van der Waals surface area contributed by atoms with Crippen LogP contribution in [0, 0.1) is 11.7 Å².